The van der Waals surface area contributed by atoms with E-state index in [0.29, 0.717) is 12.0 Å². The number of hydrogen-bond donors (Lipinski definition) is 0. The molecule has 0 saturated carbocycles. The summed E-state index contributed by atoms with van der Waals surface area (Å²) in [6.45, 7) is 14.4. The third-order valence-electron chi connectivity index (χ3n) is 6.82. The fourth-order valence-corrected chi connectivity index (χ4v) is 4.61. The molecule has 36 heavy (non-hydrogen) atoms. The van der Waals surface area contributed by atoms with Crippen LogP contribution >= 0.6 is 0 Å². The molecule has 1 atom stereocenters. The highest BCUT2D eigenvalue weighted by Crippen LogP contribution is 2.40. The van der Waals surface area contributed by atoms with Crippen LogP contribution in [0.3, 0.4) is 0 Å². The number of rotatable bonds is 9. The lowest BCUT2D eigenvalue weighted by atomic mass is 9.72. The van der Waals surface area contributed by atoms with Gasteiger partial charge in [0.25, 0.3) is 0 Å². The Balaban J connectivity index is 1.95. The van der Waals surface area contributed by atoms with Crippen LogP contribution in [-0.2, 0) is 24.8 Å². The van der Waals surface area contributed by atoms with Gasteiger partial charge in [-0.2, -0.15) is 0 Å². The third kappa shape index (κ3) is 8.18. The number of carbonyl (C=O) groups excluding carboxylic acids is 2. The van der Waals surface area contributed by atoms with Crippen molar-refractivity contribution >= 4 is 11.9 Å². The number of nitrogens with zero attached hydrogens (tertiary/aromatic N) is 1. The second-order valence-corrected chi connectivity index (χ2v) is 10.5. The summed E-state index contributed by atoms with van der Waals surface area (Å²) in [4.78, 5) is 38.8. The van der Waals surface area contributed by atoms with E-state index in [4.69, 9.17) is 9.78 Å². The summed E-state index contributed by atoms with van der Waals surface area (Å²) in [6.07, 6.45) is 19.6. The van der Waals surface area contributed by atoms with Gasteiger partial charge in [0.15, 0.2) is 0 Å². The summed E-state index contributed by atoms with van der Waals surface area (Å²) < 4.78 is 0. The molecule has 194 valence electrons. The maximum atomic E-state index is 12.7. The third-order valence-corrected chi connectivity index (χ3v) is 6.82. The van der Waals surface area contributed by atoms with E-state index in [1.807, 2.05) is 31.2 Å². The molecular weight excluding hydrogens is 450 g/mol. The maximum Gasteiger partial charge on any atom is 0.379 e. The topological polar surface area (TPSA) is 65.5 Å². The van der Waals surface area contributed by atoms with Crippen LogP contribution in [0.25, 0.3) is 0 Å². The zero-order valence-corrected chi connectivity index (χ0v) is 22.9. The molecule has 0 aromatic carbocycles. The van der Waals surface area contributed by atoms with Crippen LogP contribution in [-0.4, -0.2) is 16.9 Å². The molecule has 1 heterocycles. The van der Waals surface area contributed by atoms with Crippen LogP contribution in [0.1, 0.15) is 86.1 Å². The zero-order chi connectivity index (χ0) is 26.8. The molecule has 0 radical (unpaired) electrons. The molecule has 5 heteroatoms. The molecule has 0 bridgehead atoms. The molecule has 0 aliphatic heterocycles. The zero-order valence-electron chi connectivity index (χ0n) is 22.9. The Morgan fingerprint density at radius 3 is 2.56 bits per heavy atom. The second-order valence-electron chi connectivity index (χ2n) is 10.5. The van der Waals surface area contributed by atoms with Gasteiger partial charge in [-0.1, -0.05) is 74.8 Å². The van der Waals surface area contributed by atoms with E-state index >= 15 is 0 Å². The monoisotopic (exact) mass is 491 g/mol. The van der Waals surface area contributed by atoms with Gasteiger partial charge in [-0.15, -0.1) is 0 Å². The summed E-state index contributed by atoms with van der Waals surface area (Å²) in [5, 5.41) is 0. The van der Waals surface area contributed by atoms with Crippen molar-refractivity contribution in [2.24, 2.45) is 5.41 Å². The van der Waals surface area contributed by atoms with Gasteiger partial charge < -0.3 is 0 Å². The Morgan fingerprint density at radius 2 is 1.92 bits per heavy atom. The summed E-state index contributed by atoms with van der Waals surface area (Å²) in [7, 11) is 0. The number of carbonyl (C=O) groups is 2. The van der Waals surface area contributed by atoms with Gasteiger partial charge in [-0.25, -0.2) is 19.4 Å². The van der Waals surface area contributed by atoms with Crippen LogP contribution in [0.5, 0.6) is 0 Å². The molecule has 1 aliphatic rings. The fourth-order valence-electron chi connectivity index (χ4n) is 4.61. The van der Waals surface area contributed by atoms with Gasteiger partial charge in [0, 0.05) is 18.5 Å². The summed E-state index contributed by atoms with van der Waals surface area (Å²) in [5.74, 6) is -1.36. The lowest BCUT2D eigenvalue weighted by Crippen LogP contribution is -2.35. The van der Waals surface area contributed by atoms with Gasteiger partial charge in [0.05, 0.1) is 5.41 Å². The Bertz CT molecular complexity index is 1070. The lowest BCUT2D eigenvalue weighted by molar-refractivity contribution is -0.259. The Labute approximate surface area is 216 Å². The van der Waals surface area contributed by atoms with Crippen LogP contribution < -0.4 is 0 Å². The molecule has 1 aromatic heterocycles. The SMILES string of the molecule is CCCC(C)(C(=O)OOC(=O)C=C(C)C=CC=C(C)C=CC1=C(C)CCCC1(C)C)c1cccnc1. The summed E-state index contributed by atoms with van der Waals surface area (Å²) >= 11 is 0. The number of hydrogen-bond acceptors (Lipinski definition) is 5. The van der Waals surface area contributed by atoms with Crippen molar-refractivity contribution in [3.8, 4) is 0 Å². The van der Waals surface area contributed by atoms with E-state index in [9.17, 15) is 9.59 Å². The van der Waals surface area contributed by atoms with Crippen molar-refractivity contribution in [1.29, 1.82) is 0 Å². The molecule has 0 spiro atoms. The minimum absolute atomic E-state index is 0.212. The standard InChI is InChI=1S/C31H41NO4/c1-8-18-31(7,26-15-11-20-32-22-26)29(34)36-35-28(33)21-24(3)13-9-12-23(2)16-17-27-25(4)14-10-19-30(27,5)6/h9,11-13,15-17,20-22H,8,10,14,18-19H2,1-7H3. The highest BCUT2D eigenvalue weighted by Gasteiger charge is 2.38. The molecule has 0 N–H and O–H groups in total. The van der Waals surface area contributed by atoms with Crippen LogP contribution in [0.15, 0.2) is 83.3 Å². The normalized spacial score (nSPS) is 18.4. The lowest BCUT2D eigenvalue weighted by Gasteiger charge is -2.32. The van der Waals surface area contributed by atoms with Crippen LogP contribution in [0.4, 0.5) is 0 Å². The molecule has 0 saturated heterocycles. The Morgan fingerprint density at radius 1 is 1.17 bits per heavy atom. The number of pyridine rings is 1. The molecule has 1 aliphatic carbocycles. The average Bonchev–Trinajstić information content (AvgIpc) is 2.82. The quantitative estimate of drug-likeness (QED) is 0.153. The summed E-state index contributed by atoms with van der Waals surface area (Å²) in [5.41, 5.74) is 4.68. The van der Waals surface area contributed by atoms with E-state index in [1.54, 1.807) is 32.3 Å². The smallest absolute Gasteiger partial charge is 0.264 e. The highest BCUT2D eigenvalue weighted by molar-refractivity contribution is 5.86. The Hall–Kier alpha value is -3.21. The van der Waals surface area contributed by atoms with Crippen molar-refractivity contribution in [3.63, 3.8) is 0 Å². The van der Waals surface area contributed by atoms with Crippen LogP contribution in [0, 0.1) is 5.41 Å². The van der Waals surface area contributed by atoms with E-state index in [-0.39, 0.29) is 5.41 Å². The van der Waals surface area contributed by atoms with Crippen molar-refractivity contribution < 1.29 is 19.4 Å². The number of allylic oxidation sites excluding steroid dienone is 9. The van der Waals surface area contributed by atoms with Crippen molar-refractivity contribution in [2.45, 2.75) is 86.0 Å². The molecule has 1 unspecified atom stereocenters. The average molecular weight is 492 g/mol. The maximum absolute atomic E-state index is 12.7. The van der Waals surface area contributed by atoms with E-state index in [1.165, 1.54) is 36.5 Å². The highest BCUT2D eigenvalue weighted by atomic mass is 17.2. The van der Waals surface area contributed by atoms with E-state index in [0.717, 1.165) is 17.6 Å². The van der Waals surface area contributed by atoms with Gasteiger partial charge in [-0.05, 0) is 81.6 Å². The first-order chi connectivity index (χ1) is 17.0. The molecule has 0 amide bonds. The first-order valence-electron chi connectivity index (χ1n) is 12.7. The summed E-state index contributed by atoms with van der Waals surface area (Å²) in [6, 6.07) is 3.58. The minimum Gasteiger partial charge on any atom is -0.264 e. The fraction of sp³-hybridized carbons (Fsp3) is 0.452. The van der Waals surface area contributed by atoms with Crippen molar-refractivity contribution in [3.05, 3.63) is 88.8 Å². The van der Waals surface area contributed by atoms with E-state index < -0.39 is 17.4 Å². The first kappa shape index (κ1) is 29.0. The molecule has 2 rings (SSSR count). The molecule has 5 nitrogen and oxygen atoms in total. The van der Waals surface area contributed by atoms with Crippen molar-refractivity contribution in [1.82, 2.24) is 4.98 Å². The minimum atomic E-state index is -0.945. The number of aromatic nitrogens is 1. The Kier molecular flexibility index (Phi) is 10.6. The van der Waals surface area contributed by atoms with Gasteiger partial charge in [-0.3, -0.25) is 4.98 Å². The molecule has 0 fully saturated rings. The van der Waals surface area contributed by atoms with Crippen LogP contribution in [0.2, 0.25) is 0 Å². The van der Waals surface area contributed by atoms with Gasteiger partial charge >= 0.3 is 11.9 Å². The molecule has 1 aromatic rings. The predicted octanol–water partition coefficient (Wildman–Crippen LogP) is 7.67. The van der Waals surface area contributed by atoms with Gasteiger partial charge in [0.2, 0.25) is 0 Å². The molecular formula is C31H41NO4. The van der Waals surface area contributed by atoms with Gasteiger partial charge in [0.1, 0.15) is 0 Å². The largest absolute Gasteiger partial charge is 0.379 e. The van der Waals surface area contributed by atoms with E-state index in [2.05, 4.69) is 44.8 Å². The first-order valence-corrected chi connectivity index (χ1v) is 12.7. The second kappa shape index (κ2) is 13.2. The van der Waals surface area contributed by atoms with Crippen molar-refractivity contribution in [2.75, 3.05) is 0 Å². The predicted molar refractivity (Wildman–Crippen MR) is 145 cm³/mol.